The monoisotopic (exact) mass is 489 g/mol. The van der Waals surface area contributed by atoms with E-state index >= 15 is 0 Å². The number of hydrogen-bond donors (Lipinski definition) is 0. The standard InChI is InChI=1S/C30H23N3O4/c1-4-10-22-16-20(17-26(35-3)28(22)36-15-5-2)19-31-33-29(27-18-21-11-6-9-14-25(21)37-27)32-24-13-8-7-12-23(24)30(33)34/h2,4,6-9,11-14,16-19H,1,10,15H2,3H3. The van der Waals surface area contributed by atoms with Gasteiger partial charge in [-0.2, -0.15) is 9.78 Å². The quantitative estimate of drug-likeness (QED) is 0.165. The van der Waals surface area contributed by atoms with Gasteiger partial charge in [0.2, 0.25) is 5.82 Å². The van der Waals surface area contributed by atoms with Gasteiger partial charge in [0.25, 0.3) is 5.56 Å². The van der Waals surface area contributed by atoms with E-state index < -0.39 is 0 Å². The Balaban J connectivity index is 1.67. The number of ether oxygens (including phenoxy) is 2. The number of aromatic nitrogens is 2. The van der Waals surface area contributed by atoms with Gasteiger partial charge in [0.15, 0.2) is 17.3 Å². The second kappa shape index (κ2) is 10.3. The summed E-state index contributed by atoms with van der Waals surface area (Å²) in [4.78, 5) is 18.2. The molecule has 0 radical (unpaired) electrons. The fourth-order valence-electron chi connectivity index (χ4n) is 4.10. The van der Waals surface area contributed by atoms with Gasteiger partial charge in [0, 0.05) is 10.9 Å². The normalized spacial score (nSPS) is 11.1. The van der Waals surface area contributed by atoms with E-state index in [9.17, 15) is 4.79 Å². The molecule has 0 N–H and O–H groups in total. The molecule has 5 aromatic rings. The number of terminal acetylenes is 1. The van der Waals surface area contributed by atoms with Crippen LogP contribution in [0.4, 0.5) is 0 Å². The molecule has 3 aromatic carbocycles. The van der Waals surface area contributed by atoms with Crippen LogP contribution in [0.3, 0.4) is 0 Å². The third-order valence-corrected chi connectivity index (χ3v) is 5.76. The van der Waals surface area contributed by atoms with Crippen LogP contribution in [0.1, 0.15) is 11.1 Å². The number of para-hydroxylation sites is 2. The van der Waals surface area contributed by atoms with Crippen molar-refractivity contribution >= 4 is 28.1 Å². The molecule has 2 aromatic heterocycles. The van der Waals surface area contributed by atoms with Crippen molar-refractivity contribution in [3.8, 4) is 35.4 Å². The summed E-state index contributed by atoms with van der Waals surface area (Å²) in [6.07, 6.45) is 9.23. The summed E-state index contributed by atoms with van der Waals surface area (Å²) < 4.78 is 18.5. The number of rotatable bonds is 8. The van der Waals surface area contributed by atoms with Crippen LogP contribution in [0, 0.1) is 12.3 Å². The van der Waals surface area contributed by atoms with E-state index in [1.807, 2.05) is 42.5 Å². The van der Waals surface area contributed by atoms with Crippen LogP contribution >= 0.6 is 0 Å². The Morgan fingerprint density at radius 3 is 2.76 bits per heavy atom. The molecule has 182 valence electrons. The molecule has 0 aliphatic heterocycles. The third-order valence-electron chi connectivity index (χ3n) is 5.76. The molecule has 7 heteroatoms. The van der Waals surface area contributed by atoms with Gasteiger partial charge >= 0.3 is 0 Å². The van der Waals surface area contributed by atoms with Crippen molar-refractivity contribution in [3.05, 3.63) is 101 Å². The van der Waals surface area contributed by atoms with Crippen LogP contribution in [0.2, 0.25) is 0 Å². The molecule has 0 spiro atoms. The van der Waals surface area contributed by atoms with Crippen LogP contribution in [-0.2, 0) is 6.42 Å². The minimum atomic E-state index is -0.315. The first-order valence-corrected chi connectivity index (χ1v) is 11.6. The number of furan rings is 1. The Bertz CT molecular complexity index is 1720. The zero-order valence-corrected chi connectivity index (χ0v) is 20.2. The zero-order chi connectivity index (χ0) is 25.8. The van der Waals surface area contributed by atoms with Crippen molar-refractivity contribution < 1.29 is 13.9 Å². The van der Waals surface area contributed by atoms with Crippen molar-refractivity contribution in [1.29, 1.82) is 0 Å². The summed E-state index contributed by atoms with van der Waals surface area (Å²) in [5.41, 5.74) is 2.45. The molecule has 0 aliphatic carbocycles. The number of hydrogen-bond acceptors (Lipinski definition) is 6. The molecular weight excluding hydrogens is 466 g/mol. The van der Waals surface area contributed by atoms with Gasteiger partial charge < -0.3 is 13.9 Å². The zero-order valence-electron chi connectivity index (χ0n) is 20.2. The first-order valence-electron chi connectivity index (χ1n) is 11.6. The minimum Gasteiger partial charge on any atom is -0.493 e. The maximum absolute atomic E-state index is 13.5. The lowest BCUT2D eigenvalue weighted by molar-refractivity contribution is 0.328. The lowest BCUT2D eigenvalue weighted by Gasteiger charge is -2.14. The topological polar surface area (TPSA) is 78.9 Å². The van der Waals surface area contributed by atoms with E-state index in [4.69, 9.17) is 25.3 Å². The third kappa shape index (κ3) is 4.60. The maximum Gasteiger partial charge on any atom is 0.282 e. The first kappa shape index (κ1) is 23.6. The van der Waals surface area contributed by atoms with Gasteiger partial charge in [-0.25, -0.2) is 4.98 Å². The summed E-state index contributed by atoms with van der Waals surface area (Å²) >= 11 is 0. The van der Waals surface area contributed by atoms with E-state index in [0.29, 0.717) is 51.6 Å². The predicted octanol–water partition coefficient (Wildman–Crippen LogP) is 5.44. The largest absolute Gasteiger partial charge is 0.493 e. The van der Waals surface area contributed by atoms with E-state index in [1.54, 1.807) is 43.7 Å². The number of benzene rings is 3. The van der Waals surface area contributed by atoms with Crippen molar-refractivity contribution in [2.45, 2.75) is 6.42 Å². The Morgan fingerprint density at radius 2 is 1.97 bits per heavy atom. The van der Waals surface area contributed by atoms with Gasteiger partial charge in [-0.05, 0) is 48.4 Å². The lowest BCUT2D eigenvalue weighted by Crippen LogP contribution is -2.20. The number of nitrogens with zero attached hydrogens (tertiary/aromatic N) is 3. The second-order valence-electron chi connectivity index (χ2n) is 8.16. The maximum atomic E-state index is 13.5. The molecule has 2 heterocycles. The average Bonchev–Trinajstić information content (AvgIpc) is 3.36. The Morgan fingerprint density at radius 1 is 1.16 bits per heavy atom. The molecule has 37 heavy (non-hydrogen) atoms. The molecule has 0 saturated carbocycles. The van der Waals surface area contributed by atoms with Crippen molar-refractivity contribution in [2.24, 2.45) is 5.10 Å². The predicted molar refractivity (Wildman–Crippen MR) is 145 cm³/mol. The minimum absolute atomic E-state index is 0.104. The van der Waals surface area contributed by atoms with Gasteiger partial charge in [0.1, 0.15) is 12.2 Å². The van der Waals surface area contributed by atoms with Crippen LogP contribution in [0.25, 0.3) is 33.5 Å². The summed E-state index contributed by atoms with van der Waals surface area (Å²) in [6.45, 7) is 3.93. The molecule has 0 fully saturated rings. The number of fused-ring (bicyclic) bond motifs is 2. The molecule has 0 amide bonds. The van der Waals surface area contributed by atoms with Gasteiger partial charge in [-0.15, -0.1) is 13.0 Å². The lowest BCUT2D eigenvalue weighted by atomic mass is 10.1. The molecule has 0 atom stereocenters. The fourth-order valence-corrected chi connectivity index (χ4v) is 4.10. The molecule has 0 aliphatic rings. The second-order valence-corrected chi connectivity index (χ2v) is 8.16. The highest BCUT2D eigenvalue weighted by Gasteiger charge is 2.17. The molecule has 0 saturated heterocycles. The van der Waals surface area contributed by atoms with E-state index in [1.165, 1.54) is 4.68 Å². The number of methoxy groups -OCH3 is 1. The van der Waals surface area contributed by atoms with Crippen molar-refractivity contribution in [2.75, 3.05) is 13.7 Å². The molecule has 7 nitrogen and oxygen atoms in total. The molecule has 5 rings (SSSR count). The summed E-state index contributed by atoms with van der Waals surface area (Å²) in [7, 11) is 1.55. The van der Waals surface area contributed by atoms with Crippen LogP contribution in [0.15, 0.2) is 93.7 Å². The van der Waals surface area contributed by atoms with Crippen molar-refractivity contribution in [3.63, 3.8) is 0 Å². The Labute approximate surface area is 213 Å². The fraction of sp³-hybridized carbons (Fsp3) is 0.100. The highest BCUT2D eigenvalue weighted by atomic mass is 16.5. The average molecular weight is 490 g/mol. The summed E-state index contributed by atoms with van der Waals surface area (Å²) in [5.74, 6) is 4.24. The summed E-state index contributed by atoms with van der Waals surface area (Å²) in [6, 6.07) is 20.3. The SMILES string of the molecule is C#CCOc1c(CC=C)cc(C=Nn2c(-c3cc4ccccc4o3)nc3ccccc3c2=O)cc1OC. The molecule has 0 unspecified atom stereocenters. The highest BCUT2D eigenvalue weighted by molar-refractivity contribution is 5.85. The summed E-state index contributed by atoms with van der Waals surface area (Å²) in [5, 5.41) is 5.89. The van der Waals surface area contributed by atoms with Crippen LogP contribution in [0.5, 0.6) is 11.5 Å². The van der Waals surface area contributed by atoms with E-state index in [0.717, 1.165) is 10.9 Å². The van der Waals surface area contributed by atoms with Gasteiger partial charge in [-0.3, -0.25) is 4.79 Å². The van der Waals surface area contributed by atoms with E-state index in [2.05, 4.69) is 17.6 Å². The van der Waals surface area contributed by atoms with Crippen LogP contribution in [-0.4, -0.2) is 29.6 Å². The number of allylic oxidation sites excluding steroid dienone is 1. The Hall–Kier alpha value is -5.09. The first-order chi connectivity index (χ1) is 18.1. The van der Waals surface area contributed by atoms with E-state index in [-0.39, 0.29) is 12.2 Å². The highest BCUT2D eigenvalue weighted by Crippen LogP contribution is 2.33. The van der Waals surface area contributed by atoms with Crippen molar-refractivity contribution in [1.82, 2.24) is 9.66 Å². The smallest absolute Gasteiger partial charge is 0.282 e. The molecule has 0 bridgehead atoms. The van der Waals surface area contributed by atoms with Gasteiger partial charge in [-0.1, -0.05) is 42.3 Å². The molecular formula is C30H23N3O4. The van der Waals surface area contributed by atoms with Crippen LogP contribution < -0.4 is 15.0 Å². The Kier molecular flexibility index (Phi) is 6.56. The van der Waals surface area contributed by atoms with Gasteiger partial charge in [0.05, 0.1) is 24.2 Å².